The van der Waals surface area contributed by atoms with Crippen molar-refractivity contribution in [2.45, 2.75) is 44.7 Å². The third-order valence-corrected chi connectivity index (χ3v) is 6.92. The number of carbonyl (C=O) groups is 1. The van der Waals surface area contributed by atoms with Crippen LogP contribution in [-0.4, -0.2) is 82.3 Å². The van der Waals surface area contributed by atoms with Crippen LogP contribution in [-0.2, 0) is 9.53 Å². The summed E-state index contributed by atoms with van der Waals surface area (Å²) in [5.74, 6) is 1.74. The molecule has 8 nitrogen and oxygen atoms in total. The minimum atomic E-state index is -0.540. The van der Waals surface area contributed by atoms with Gasteiger partial charge in [0.2, 0.25) is 5.91 Å². The average molecular weight is 423 g/mol. The van der Waals surface area contributed by atoms with Gasteiger partial charge in [-0.3, -0.25) is 9.79 Å². The molecule has 2 fully saturated rings. The Kier molecular flexibility index (Phi) is 5.04. The molecule has 0 saturated carbocycles. The molecule has 164 valence electrons. The standard InChI is InChI=1S/C23H30N6O2/c1-15-14-31-12-11-29(15)19-13-23(2,18-5-4-10-28(3)22(18)30)27-21(26-19)17-7-9-25-20-16(17)6-8-24-20/h6-9,15,18H,4-5,10-14H2,1-3H3,(H,24,25)/t15-,18-,23?/m1/s1. The number of fused-ring (bicyclic) bond motifs is 1. The smallest absolute Gasteiger partial charge is 0.227 e. The number of ether oxygens (including phenoxy) is 1. The summed E-state index contributed by atoms with van der Waals surface area (Å²) < 4.78 is 5.66. The van der Waals surface area contributed by atoms with Crippen LogP contribution in [0.25, 0.3) is 11.0 Å². The maximum atomic E-state index is 13.2. The number of H-pyrrole nitrogens is 1. The average Bonchev–Trinajstić information content (AvgIpc) is 3.24. The minimum absolute atomic E-state index is 0.147. The van der Waals surface area contributed by atoms with Crippen LogP contribution < -0.4 is 0 Å². The van der Waals surface area contributed by atoms with Crippen molar-refractivity contribution < 1.29 is 9.53 Å². The number of piperidine rings is 1. The second-order valence-corrected chi connectivity index (χ2v) is 9.17. The predicted molar refractivity (Wildman–Crippen MR) is 120 cm³/mol. The molecule has 1 amide bonds. The number of pyridine rings is 1. The highest BCUT2D eigenvalue weighted by Gasteiger charge is 2.46. The molecule has 31 heavy (non-hydrogen) atoms. The monoisotopic (exact) mass is 422 g/mol. The van der Waals surface area contributed by atoms with Crippen LogP contribution in [0, 0.1) is 5.92 Å². The number of likely N-dealkylation sites (tertiary alicyclic amines) is 1. The molecule has 8 heteroatoms. The van der Waals surface area contributed by atoms with Crippen LogP contribution in [0.4, 0.5) is 0 Å². The van der Waals surface area contributed by atoms with E-state index in [0.717, 1.165) is 48.4 Å². The van der Waals surface area contributed by atoms with Gasteiger partial charge in [0.15, 0.2) is 5.84 Å². The first-order valence-electron chi connectivity index (χ1n) is 11.2. The van der Waals surface area contributed by atoms with E-state index in [1.165, 1.54) is 0 Å². The number of nitrogens with zero attached hydrogens (tertiary/aromatic N) is 5. The molecule has 0 radical (unpaired) electrons. The number of hydrogen-bond donors (Lipinski definition) is 1. The number of carbonyl (C=O) groups excluding carboxylic acids is 1. The Morgan fingerprint density at radius 3 is 3.00 bits per heavy atom. The maximum Gasteiger partial charge on any atom is 0.227 e. The SMILES string of the molecule is C[C@@H]1COCCN1C1=NC(c2ccnc3[nH]ccc23)=NC(C)([C@@H]2CCCN(C)C2=O)C1. The zero-order valence-electron chi connectivity index (χ0n) is 18.5. The molecule has 3 aliphatic heterocycles. The Balaban J connectivity index is 1.62. The van der Waals surface area contributed by atoms with E-state index in [4.69, 9.17) is 14.7 Å². The molecule has 5 rings (SSSR count). The van der Waals surface area contributed by atoms with Crippen molar-refractivity contribution >= 4 is 28.6 Å². The zero-order chi connectivity index (χ0) is 21.6. The fraction of sp³-hybridized carbons (Fsp3) is 0.565. The van der Waals surface area contributed by atoms with Crippen LogP contribution in [0.2, 0.25) is 0 Å². The molecule has 0 spiro atoms. The van der Waals surface area contributed by atoms with E-state index < -0.39 is 5.54 Å². The predicted octanol–water partition coefficient (Wildman–Crippen LogP) is 2.46. The van der Waals surface area contributed by atoms with E-state index in [-0.39, 0.29) is 17.9 Å². The lowest BCUT2D eigenvalue weighted by molar-refractivity contribution is -0.139. The van der Waals surface area contributed by atoms with Crippen molar-refractivity contribution in [3.8, 4) is 0 Å². The van der Waals surface area contributed by atoms with Gasteiger partial charge in [0, 0.05) is 49.9 Å². The van der Waals surface area contributed by atoms with Gasteiger partial charge in [0.25, 0.3) is 0 Å². The summed E-state index contributed by atoms with van der Waals surface area (Å²) in [6, 6.07) is 4.23. The number of hydrogen-bond acceptors (Lipinski definition) is 6. The topological polar surface area (TPSA) is 86.2 Å². The van der Waals surface area contributed by atoms with Crippen molar-refractivity contribution in [3.63, 3.8) is 0 Å². The van der Waals surface area contributed by atoms with E-state index in [9.17, 15) is 4.79 Å². The van der Waals surface area contributed by atoms with Gasteiger partial charge in [0.1, 0.15) is 11.5 Å². The van der Waals surface area contributed by atoms with E-state index in [0.29, 0.717) is 25.5 Å². The number of morpholine rings is 1. The minimum Gasteiger partial charge on any atom is -0.377 e. The summed E-state index contributed by atoms with van der Waals surface area (Å²) in [6.07, 6.45) is 6.20. The number of amidine groups is 2. The van der Waals surface area contributed by atoms with E-state index >= 15 is 0 Å². The highest BCUT2D eigenvalue weighted by Crippen LogP contribution is 2.38. The molecule has 1 unspecified atom stereocenters. The third kappa shape index (κ3) is 3.52. The highest BCUT2D eigenvalue weighted by molar-refractivity contribution is 6.14. The van der Waals surface area contributed by atoms with Crippen LogP contribution >= 0.6 is 0 Å². The summed E-state index contributed by atoms with van der Waals surface area (Å²) in [5.41, 5.74) is 1.23. The molecule has 3 aliphatic rings. The number of aromatic nitrogens is 2. The van der Waals surface area contributed by atoms with Crippen LogP contribution in [0.15, 0.2) is 34.5 Å². The Morgan fingerprint density at radius 1 is 1.29 bits per heavy atom. The van der Waals surface area contributed by atoms with Gasteiger partial charge in [-0.25, -0.2) is 9.98 Å². The van der Waals surface area contributed by atoms with Gasteiger partial charge in [0.05, 0.1) is 30.7 Å². The van der Waals surface area contributed by atoms with Crippen LogP contribution in [0.3, 0.4) is 0 Å². The third-order valence-electron chi connectivity index (χ3n) is 6.92. The van der Waals surface area contributed by atoms with Gasteiger partial charge in [-0.2, -0.15) is 0 Å². The Morgan fingerprint density at radius 2 is 2.16 bits per heavy atom. The van der Waals surface area contributed by atoms with Gasteiger partial charge >= 0.3 is 0 Å². The molecule has 5 heterocycles. The van der Waals surface area contributed by atoms with E-state index in [1.54, 1.807) is 6.20 Å². The zero-order valence-corrected chi connectivity index (χ0v) is 18.5. The van der Waals surface area contributed by atoms with E-state index in [1.807, 2.05) is 30.3 Å². The van der Waals surface area contributed by atoms with Crippen LogP contribution in [0.5, 0.6) is 0 Å². The fourth-order valence-corrected chi connectivity index (χ4v) is 5.15. The molecule has 1 N–H and O–H groups in total. The second kappa shape index (κ2) is 7.75. The number of aliphatic imine (C=N–C) groups is 2. The molecule has 3 atom stereocenters. The van der Waals surface area contributed by atoms with Gasteiger partial charge in [-0.1, -0.05) is 0 Å². The van der Waals surface area contributed by atoms with E-state index in [2.05, 4.69) is 28.7 Å². The molecule has 0 bridgehead atoms. The Labute approximate surface area is 182 Å². The number of nitrogens with one attached hydrogen (secondary N) is 1. The largest absolute Gasteiger partial charge is 0.377 e. The highest BCUT2D eigenvalue weighted by atomic mass is 16.5. The quantitative estimate of drug-likeness (QED) is 0.806. The molecule has 2 aromatic heterocycles. The summed E-state index contributed by atoms with van der Waals surface area (Å²) in [5, 5.41) is 0.996. The van der Waals surface area contributed by atoms with Crippen molar-refractivity contribution in [3.05, 3.63) is 30.1 Å². The van der Waals surface area contributed by atoms with Gasteiger partial charge in [-0.15, -0.1) is 0 Å². The summed E-state index contributed by atoms with van der Waals surface area (Å²) >= 11 is 0. The molecule has 2 saturated heterocycles. The number of amides is 1. The van der Waals surface area contributed by atoms with Gasteiger partial charge in [-0.05, 0) is 38.8 Å². The maximum absolute atomic E-state index is 13.2. The van der Waals surface area contributed by atoms with Crippen molar-refractivity contribution in [1.82, 2.24) is 19.8 Å². The summed E-state index contributed by atoms with van der Waals surface area (Å²) in [4.78, 5) is 35.2. The molecular weight excluding hydrogens is 392 g/mol. The fourth-order valence-electron chi connectivity index (χ4n) is 5.15. The first kappa shape index (κ1) is 20.2. The van der Waals surface area contributed by atoms with Crippen molar-refractivity contribution in [2.24, 2.45) is 15.9 Å². The van der Waals surface area contributed by atoms with Gasteiger partial charge < -0.3 is 19.5 Å². The summed E-state index contributed by atoms with van der Waals surface area (Å²) in [7, 11) is 1.90. The Bertz CT molecular complexity index is 1060. The first-order valence-corrected chi connectivity index (χ1v) is 11.2. The van der Waals surface area contributed by atoms with Crippen molar-refractivity contribution in [1.29, 1.82) is 0 Å². The molecule has 2 aromatic rings. The Hall–Kier alpha value is -2.74. The lowest BCUT2D eigenvalue weighted by Gasteiger charge is -2.44. The normalized spacial score (nSPS) is 29.8. The first-order chi connectivity index (χ1) is 15.0. The molecule has 0 aromatic carbocycles. The number of aromatic amines is 1. The summed E-state index contributed by atoms with van der Waals surface area (Å²) in [6.45, 7) is 7.29. The second-order valence-electron chi connectivity index (χ2n) is 9.17. The lowest BCUT2D eigenvalue weighted by atomic mass is 9.76. The molecular formula is C23H30N6O2. The van der Waals surface area contributed by atoms with Crippen molar-refractivity contribution in [2.75, 3.05) is 33.4 Å². The molecule has 0 aliphatic carbocycles. The number of rotatable bonds is 2. The van der Waals surface area contributed by atoms with Crippen LogP contribution in [0.1, 0.15) is 38.7 Å². The lowest BCUT2D eigenvalue weighted by Crippen LogP contribution is -2.54.